The molecule has 0 aromatic carbocycles. The van der Waals surface area contributed by atoms with E-state index in [-0.39, 0.29) is 22.8 Å². The number of aromatic nitrogens is 2. The number of aliphatic hydroxyl groups excluding tert-OH is 1. The molecule has 2 aromatic rings. The van der Waals surface area contributed by atoms with Gasteiger partial charge in [0.15, 0.2) is 6.80 Å². The Bertz CT molecular complexity index is 756. The highest BCUT2D eigenvalue weighted by molar-refractivity contribution is 7.17. The molecule has 0 bridgehead atoms. The van der Waals surface area contributed by atoms with Crippen LogP contribution in [0, 0.1) is 0 Å². The van der Waals surface area contributed by atoms with Crippen molar-refractivity contribution in [1.29, 1.82) is 0 Å². The second kappa shape index (κ2) is 6.17. The fraction of sp³-hybridized carbons (Fsp3) is 0.429. The molecule has 1 N–H and O–H groups in total. The predicted molar refractivity (Wildman–Crippen MR) is 78.2 cm³/mol. The summed E-state index contributed by atoms with van der Waals surface area (Å²) < 4.78 is 51.5. The number of thiophene rings is 1. The normalized spacial score (nSPS) is 18.4. The second-order valence-corrected chi connectivity index (χ2v) is 6.47. The van der Waals surface area contributed by atoms with Gasteiger partial charge < -0.3 is 10.0 Å². The lowest BCUT2D eigenvalue weighted by atomic mass is 10.3. The number of rotatable bonds is 3. The van der Waals surface area contributed by atoms with Gasteiger partial charge in [0.05, 0.1) is 15.9 Å². The third-order valence-corrected chi connectivity index (χ3v) is 4.80. The summed E-state index contributed by atoms with van der Waals surface area (Å²) in [5.41, 5.74) is -1.21. The Balaban J connectivity index is 1.86. The van der Waals surface area contributed by atoms with Crippen molar-refractivity contribution in [3.8, 4) is 10.6 Å². The van der Waals surface area contributed by atoms with Crippen LogP contribution in [0.5, 0.6) is 0 Å². The summed E-state index contributed by atoms with van der Waals surface area (Å²) in [6, 6.07) is 3.74. The maximum atomic E-state index is 12.8. The fourth-order valence-electron chi connectivity index (χ4n) is 2.53. The first-order valence-corrected chi connectivity index (χ1v) is 7.90. The molecule has 24 heavy (non-hydrogen) atoms. The molecule has 2 aromatic heterocycles. The van der Waals surface area contributed by atoms with Crippen molar-refractivity contribution >= 4 is 17.2 Å². The number of halogens is 4. The number of carbonyl (C=O) groups excluding carboxylic acids is 1. The first-order valence-electron chi connectivity index (χ1n) is 7.08. The standard InChI is InChI=1S/C14H13F4N3O2S/c15-7-21-12(14(16,17)18)5-9(19-21)10-1-2-11(24-10)13(23)20-4-3-8(22)6-20/h1-2,5,8,22H,3-4,6-7H2/t8-/m1/s1. The van der Waals surface area contributed by atoms with Gasteiger partial charge in [-0.1, -0.05) is 0 Å². The molecule has 1 saturated heterocycles. The quantitative estimate of drug-likeness (QED) is 0.854. The van der Waals surface area contributed by atoms with Gasteiger partial charge in [-0.15, -0.1) is 11.3 Å². The maximum absolute atomic E-state index is 12.8. The Kier molecular flexibility index (Phi) is 4.35. The summed E-state index contributed by atoms with van der Waals surface area (Å²) in [5.74, 6) is -0.288. The molecule has 130 valence electrons. The summed E-state index contributed by atoms with van der Waals surface area (Å²) in [6.07, 6.45) is -4.76. The van der Waals surface area contributed by atoms with E-state index < -0.39 is 24.8 Å². The summed E-state index contributed by atoms with van der Waals surface area (Å²) >= 11 is 0.987. The monoisotopic (exact) mass is 363 g/mol. The van der Waals surface area contributed by atoms with E-state index in [1.807, 2.05) is 0 Å². The lowest BCUT2D eigenvalue weighted by Crippen LogP contribution is -2.28. The van der Waals surface area contributed by atoms with Crippen molar-refractivity contribution in [2.45, 2.75) is 25.5 Å². The fourth-order valence-corrected chi connectivity index (χ4v) is 3.46. The summed E-state index contributed by atoms with van der Waals surface area (Å²) in [5, 5.41) is 13.1. The number of hydrogen-bond donors (Lipinski definition) is 1. The van der Waals surface area contributed by atoms with Crippen LogP contribution in [0.4, 0.5) is 17.6 Å². The number of alkyl halides is 4. The van der Waals surface area contributed by atoms with Crippen molar-refractivity contribution in [3.63, 3.8) is 0 Å². The number of carbonyl (C=O) groups is 1. The molecule has 0 saturated carbocycles. The van der Waals surface area contributed by atoms with Gasteiger partial charge in [-0.05, 0) is 24.6 Å². The van der Waals surface area contributed by atoms with Crippen LogP contribution in [0.25, 0.3) is 10.6 Å². The van der Waals surface area contributed by atoms with Gasteiger partial charge in [0.2, 0.25) is 0 Å². The van der Waals surface area contributed by atoms with Crippen molar-refractivity contribution < 1.29 is 27.5 Å². The Labute approximate surface area is 138 Å². The van der Waals surface area contributed by atoms with E-state index in [1.54, 1.807) is 0 Å². The average molecular weight is 363 g/mol. The molecule has 1 aliphatic heterocycles. The van der Waals surface area contributed by atoms with Crippen LogP contribution in [0.3, 0.4) is 0 Å². The van der Waals surface area contributed by atoms with Crippen LogP contribution in [0.1, 0.15) is 21.8 Å². The minimum atomic E-state index is -4.71. The lowest BCUT2D eigenvalue weighted by Gasteiger charge is -2.13. The molecular weight excluding hydrogens is 350 g/mol. The highest BCUT2D eigenvalue weighted by Gasteiger charge is 2.36. The van der Waals surface area contributed by atoms with Gasteiger partial charge in [-0.2, -0.15) is 18.3 Å². The number of β-amino-alcohol motifs (C(OH)–C–C–N with tert-alkyl or cyclic N) is 1. The molecule has 5 nitrogen and oxygen atoms in total. The van der Waals surface area contributed by atoms with E-state index in [4.69, 9.17) is 0 Å². The predicted octanol–water partition coefficient (Wildman–Crippen LogP) is 2.76. The molecule has 0 radical (unpaired) electrons. The second-order valence-electron chi connectivity index (χ2n) is 5.39. The molecular formula is C14H13F4N3O2S. The van der Waals surface area contributed by atoms with Crippen molar-refractivity contribution in [3.05, 3.63) is 28.8 Å². The van der Waals surface area contributed by atoms with Crippen molar-refractivity contribution in [1.82, 2.24) is 14.7 Å². The zero-order chi connectivity index (χ0) is 17.5. The first kappa shape index (κ1) is 16.9. The third-order valence-electron chi connectivity index (χ3n) is 3.70. The number of aliphatic hydroxyl groups is 1. The van der Waals surface area contributed by atoms with Crippen LogP contribution in [0.2, 0.25) is 0 Å². The maximum Gasteiger partial charge on any atom is 0.433 e. The Morgan fingerprint density at radius 3 is 2.71 bits per heavy atom. The van der Waals surface area contributed by atoms with Gasteiger partial charge in [-0.3, -0.25) is 4.79 Å². The van der Waals surface area contributed by atoms with E-state index in [2.05, 4.69) is 5.10 Å². The third kappa shape index (κ3) is 3.16. The van der Waals surface area contributed by atoms with Gasteiger partial charge in [0.25, 0.3) is 5.91 Å². The zero-order valence-corrected chi connectivity index (χ0v) is 13.1. The molecule has 0 aliphatic carbocycles. The molecule has 0 spiro atoms. The zero-order valence-electron chi connectivity index (χ0n) is 12.3. The minimum absolute atomic E-state index is 0.0366. The van der Waals surface area contributed by atoms with E-state index in [1.165, 1.54) is 17.0 Å². The Hall–Kier alpha value is -1.94. The number of likely N-dealkylation sites (tertiary alicyclic amines) is 1. The summed E-state index contributed by atoms with van der Waals surface area (Å²) in [7, 11) is 0. The molecule has 1 fully saturated rings. The largest absolute Gasteiger partial charge is 0.433 e. The number of amides is 1. The van der Waals surface area contributed by atoms with E-state index in [0.717, 1.165) is 17.4 Å². The topological polar surface area (TPSA) is 58.4 Å². The summed E-state index contributed by atoms with van der Waals surface area (Å²) in [4.78, 5) is 14.5. The molecule has 3 heterocycles. The highest BCUT2D eigenvalue weighted by Crippen LogP contribution is 2.35. The molecule has 1 aliphatic rings. The van der Waals surface area contributed by atoms with E-state index >= 15 is 0 Å². The van der Waals surface area contributed by atoms with Crippen LogP contribution in [-0.4, -0.2) is 44.9 Å². The highest BCUT2D eigenvalue weighted by atomic mass is 32.1. The van der Waals surface area contributed by atoms with Crippen LogP contribution in [0.15, 0.2) is 18.2 Å². The Morgan fingerprint density at radius 1 is 1.42 bits per heavy atom. The van der Waals surface area contributed by atoms with Gasteiger partial charge >= 0.3 is 6.18 Å². The number of nitrogens with zero attached hydrogens (tertiary/aromatic N) is 3. The van der Waals surface area contributed by atoms with Gasteiger partial charge in [0, 0.05) is 13.1 Å². The Morgan fingerprint density at radius 2 is 2.17 bits per heavy atom. The smallest absolute Gasteiger partial charge is 0.391 e. The first-order chi connectivity index (χ1) is 11.3. The minimum Gasteiger partial charge on any atom is -0.391 e. The van der Waals surface area contributed by atoms with Crippen LogP contribution in [-0.2, 0) is 13.0 Å². The van der Waals surface area contributed by atoms with Crippen molar-refractivity contribution in [2.75, 3.05) is 13.1 Å². The molecule has 10 heteroatoms. The molecule has 0 unspecified atom stereocenters. The average Bonchev–Trinajstić information content (AvgIpc) is 3.23. The number of hydrogen-bond acceptors (Lipinski definition) is 4. The molecule has 1 atom stereocenters. The van der Waals surface area contributed by atoms with Crippen LogP contribution < -0.4 is 0 Å². The molecule has 3 rings (SSSR count). The molecule has 1 amide bonds. The lowest BCUT2D eigenvalue weighted by molar-refractivity contribution is -0.145. The van der Waals surface area contributed by atoms with Crippen molar-refractivity contribution in [2.24, 2.45) is 0 Å². The van der Waals surface area contributed by atoms with Gasteiger partial charge in [0.1, 0.15) is 11.4 Å². The van der Waals surface area contributed by atoms with Crippen LogP contribution >= 0.6 is 11.3 Å². The van der Waals surface area contributed by atoms with E-state index in [0.29, 0.717) is 22.7 Å². The van der Waals surface area contributed by atoms with E-state index in [9.17, 15) is 27.5 Å². The van der Waals surface area contributed by atoms with Gasteiger partial charge in [-0.25, -0.2) is 9.07 Å². The summed E-state index contributed by atoms with van der Waals surface area (Å²) in [6.45, 7) is -0.722. The SMILES string of the molecule is O=C(c1ccc(-c2cc(C(F)(F)F)n(CF)n2)s1)N1CC[C@@H](O)C1.